The van der Waals surface area contributed by atoms with E-state index in [9.17, 15) is 9.59 Å². The normalized spacial score (nSPS) is 21.6. The van der Waals surface area contributed by atoms with Crippen LogP contribution in [-0.2, 0) is 4.79 Å². The SMILES string of the molecule is CNC(=O)c1cc(NC(=O)C2CCNC2C)ccc1Cl. The molecule has 0 radical (unpaired) electrons. The van der Waals surface area contributed by atoms with Gasteiger partial charge in [0.25, 0.3) is 5.91 Å². The van der Waals surface area contributed by atoms with E-state index < -0.39 is 0 Å². The molecular weight excluding hydrogens is 278 g/mol. The number of amides is 2. The molecule has 2 atom stereocenters. The Kier molecular flexibility index (Phi) is 4.62. The molecule has 20 heavy (non-hydrogen) atoms. The van der Waals surface area contributed by atoms with Crippen LogP contribution in [0.1, 0.15) is 23.7 Å². The molecule has 6 heteroatoms. The Balaban J connectivity index is 2.13. The Bertz CT molecular complexity index is 533. The minimum Gasteiger partial charge on any atom is -0.355 e. The Morgan fingerprint density at radius 3 is 2.75 bits per heavy atom. The van der Waals surface area contributed by atoms with Crippen LogP contribution in [0.2, 0.25) is 5.02 Å². The first kappa shape index (κ1) is 14.8. The number of nitrogens with one attached hydrogen (secondary N) is 3. The standard InChI is InChI=1S/C14H18ClN3O2/c1-8-10(5-6-17-8)14(20)18-9-3-4-12(15)11(7-9)13(19)16-2/h3-4,7-8,10,17H,5-6H2,1-2H3,(H,16,19)(H,18,20). The monoisotopic (exact) mass is 295 g/mol. The van der Waals surface area contributed by atoms with Crippen molar-refractivity contribution in [1.29, 1.82) is 0 Å². The van der Waals surface area contributed by atoms with E-state index in [-0.39, 0.29) is 23.8 Å². The minimum atomic E-state index is -0.276. The van der Waals surface area contributed by atoms with Crippen molar-refractivity contribution in [1.82, 2.24) is 10.6 Å². The number of carbonyl (C=O) groups excluding carboxylic acids is 2. The lowest BCUT2D eigenvalue weighted by Crippen LogP contribution is -2.32. The highest BCUT2D eigenvalue weighted by Gasteiger charge is 2.29. The summed E-state index contributed by atoms with van der Waals surface area (Å²) < 4.78 is 0. The first-order chi connectivity index (χ1) is 9.52. The summed E-state index contributed by atoms with van der Waals surface area (Å²) in [6.07, 6.45) is 0.822. The molecule has 108 valence electrons. The summed E-state index contributed by atoms with van der Waals surface area (Å²) in [4.78, 5) is 23.8. The van der Waals surface area contributed by atoms with Crippen LogP contribution in [0.4, 0.5) is 5.69 Å². The first-order valence-electron chi connectivity index (χ1n) is 6.59. The van der Waals surface area contributed by atoms with Gasteiger partial charge in [-0.25, -0.2) is 0 Å². The second-order valence-electron chi connectivity index (χ2n) is 4.90. The van der Waals surface area contributed by atoms with Crippen molar-refractivity contribution in [3.05, 3.63) is 28.8 Å². The molecule has 2 amide bonds. The van der Waals surface area contributed by atoms with Gasteiger partial charge in [-0.1, -0.05) is 11.6 Å². The fourth-order valence-corrected chi connectivity index (χ4v) is 2.57. The van der Waals surface area contributed by atoms with E-state index in [4.69, 9.17) is 11.6 Å². The Hall–Kier alpha value is -1.59. The molecule has 5 nitrogen and oxygen atoms in total. The largest absolute Gasteiger partial charge is 0.355 e. The summed E-state index contributed by atoms with van der Waals surface area (Å²) in [5.41, 5.74) is 0.932. The van der Waals surface area contributed by atoms with Crippen LogP contribution in [0.5, 0.6) is 0 Å². The van der Waals surface area contributed by atoms with Crippen LogP contribution < -0.4 is 16.0 Å². The van der Waals surface area contributed by atoms with Crippen LogP contribution in [0.15, 0.2) is 18.2 Å². The van der Waals surface area contributed by atoms with Crippen molar-refractivity contribution in [3.8, 4) is 0 Å². The lowest BCUT2D eigenvalue weighted by molar-refractivity contribution is -0.120. The molecule has 1 aliphatic heterocycles. The van der Waals surface area contributed by atoms with Crippen LogP contribution in [0.3, 0.4) is 0 Å². The Morgan fingerprint density at radius 1 is 1.40 bits per heavy atom. The fourth-order valence-electron chi connectivity index (χ4n) is 2.36. The second kappa shape index (κ2) is 6.24. The van der Waals surface area contributed by atoms with Crippen LogP contribution in [0.25, 0.3) is 0 Å². The smallest absolute Gasteiger partial charge is 0.252 e. The third kappa shape index (κ3) is 3.11. The molecule has 1 aromatic rings. The zero-order chi connectivity index (χ0) is 14.7. The predicted molar refractivity (Wildman–Crippen MR) is 79.0 cm³/mol. The average molecular weight is 296 g/mol. The number of halogens is 1. The van der Waals surface area contributed by atoms with Gasteiger partial charge in [-0.15, -0.1) is 0 Å². The van der Waals surface area contributed by atoms with Crippen LogP contribution >= 0.6 is 11.6 Å². The number of hydrogen-bond acceptors (Lipinski definition) is 3. The zero-order valence-corrected chi connectivity index (χ0v) is 12.3. The lowest BCUT2D eigenvalue weighted by Gasteiger charge is -2.15. The highest BCUT2D eigenvalue weighted by molar-refractivity contribution is 6.34. The molecular formula is C14H18ClN3O2. The Labute approximate surface area is 123 Å². The van der Waals surface area contributed by atoms with Crippen LogP contribution in [-0.4, -0.2) is 31.4 Å². The van der Waals surface area contributed by atoms with E-state index >= 15 is 0 Å². The van der Waals surface area contributed by atoms with Crippen molar-refractivity contribution in [2.45, 2.75) is 19.4 Å². The highest BCUT2D eigenvalue weighted by Crippen LogP contribution is 2.22. The molecule has 0 bridgehead atoms. The molecule has 0 aromatic heterocycles. The average Bonchev–Trinajstić information content (AvgIpc) is 2.86. The van der Waals surface area contributed by atoms with Gasteiger partial charge in [0.2, 0.25) is 5.91 Å². The van der Waals surface area contributed by atoms with Crippen molar-refractivity contribution >= 4 is 29.1 Å². The third-order valence-corrected chi connectivity index (χ3v) is 3.90. The summed E-state index contributed by atoms with van der Waals surface area (Å²) in [6.45, 7) is 2.85. The van der Waals surface area contributed by atoms with Gasteiger partial charge in [-0.3, -0.25) is 9.59 Å². The molecule has 0 spiro atoms. The topological polar surface area (TPSA) is 70.2 Å². The van der Waals surface area contributed by atoms with Gasteiger partial charge in [-0.05, 0) is 38.1 Å². The molecule has 0 saturated carbocycles. The van der Waals surface area contributed by atoms with Gasteiger partial charge in [0, 0.05) is 18.8 Å². The van der Waals surface area contributed by atoms with Crippen molar-refractivity contribution in [2.75, 3.05) is 18.9 Å². The van der Waals surface area contributed by atoms with Gasteiger partial charge < -0.3 is 16.0 Å². The van der Waals surface area contributed by atoms with Gasteiger partial charge in [0.05, 0.1) is 16.5 Å². The molecule has 1 aliphatic rings. The number of anilines is 1. The summed E-state index contributed by atoms with van der Waals surface area (Å²) in [7, 11) is 1.54. The van der Waals surface area contributed by atoms with E-state index in [2.05, 4.69) is 16.0 Å². The third-order valence-electron chi connectivity index (χ3n) is 3.57. The number of carbonyl (C=O) groups is 2. The summed E-state index contributed by atoms with van der Waals surface area (Å²) in [5, 5.41) is 8.96. The van der Waals surface area contributed by atoms with Crippen LogP contribution in [0, 0.1) is 5.92 Å². The Morgan fingerprint density at radius 2 is 2.15 bits per heavy atom. The molecule has 1 aromatic carbocycles. The van der Waals surface area contributed by atoms with E-state index in [0.29, 0.717) is 16.3 Å². The van der Waals surface area contributed by atoms with Gasteiger partial charge >= 0.3 is 0 Å². The van der Waals surface area contributed by atoms with E-state index in [1.807, 2.05) is 6.92 Å². The molecule has 1 heterocycles. The van der Waals surface area contributed by atoms with Gasteiger partial charge in [0.1, 0.15) is 0 Å². The summed E-state index contributed by atoms with van der Waals surface area (Å²) in [5.74, 6) is -0.358. The van der Waals surface area contributed by atoms with E-state index in [1.165, 1.54) is 7.05 Å². The maximum absolute atomic E-state index is 12.2. The molecule has 1 fully saturated rings. The van der Waals surface area contributed by atoms with Crippen molar-refractivity contribution < 1.29 is 9.59 Å². The molecule has 2 unspecified atom stereocenters. The maximum atomic E-state index is 12.2. The van der Waals surface area contributed by atoms with Gasteiger partial charge in [0.15, 0.2) is 0 Å². The van der Waals surface area contributed by atoms with Crippen molar-refractivity contribution in [2.24, 2.45) is 5.92 Å². The number of rotatable bonds is 3. The predicted octanol–water partition coefficient (Wildman–Crippen LogP) is 1.64. The van der Waals surface area contributed by atoms with E-state index in [1.54, 1.807) is 18.2 Å². The molecule has 2 rings (SSSR count). The summed E-state index contributed by atoms with van der Waals surface area (Å²) in [6, 6.07) is 5.06. The van der Waals surface area contributed by atoms with Crippen molar-refractivity contribution in [3.63, 3.8) is 0 Å². The minimum absolute atomic E-state index is 0.0346. The quantitative estimate of drug-likeness (QED) is 0.794. The van der Waals surface area contributed by atoms with Gasteiger partial charge in [-0.2, -0.15) is 0 Å². The second-order valence-corrected chi connectivity index (χ2v) is 5.31. The summed E-state index contributed by atoms with van der Waals surface area (Å²) >= 11 is 5.97. The number of hydrogen-bond donors (Lipinski definition) is 3. The molecule has 3 N–H and O–H groups in total. The lowest BCUT2D eigenvalue weighted by atomic mass is 10.0. The molecule has 0 aliphatic carbocycles. The maximum Gasteiger partial charge on any atom is 0.252 e. The zero-order valence-electron chi connectivity index (χ0n) is 11.5. The van der Waals surface area contributed by atoms with E-state index in [0.717, 1.165) is 13.0 Å². The fraction of sp³-hybridized carbons (Fsp3) is 0.429. The molecule has 1 saturated heterocycles. The first-order valence-corrected chi connectivity index (χ1v) is 6.96. The highest BCUT2D eigenvalue weighted by atomic mass is 35.5. The number of benzene rings is 1.